The van der Waals surface area contributed by atoms with Gasteiger partial charge in [-0.3, -0.25) is 0 Å². The highest BCUT2D eigenvalue weighted by atomic mass is 35.5. The zero-order valence-electron chi connectivity index (χ0n) is 13.7. The largest absolute Gasteiger partial charge is 0.477 e. The molecule has 0 fully saturated rings. The molecule has 27 heavy (non-hydrogen) atoms. The highest BCUT2D eigenvalue weighted by Gasteiger charge is 2.23. The Morgan fingerprint density at radius 2 is 1.74 bits per heavy atom. The molecule has 0 saturated carbocycles. The molecule has 0 spiro atoms. The number of nitrogen functional groups attached to an aromatic ring is 1. The Labute approximate surface area is 163 Å². The molecule has 0 aliphatic rings. The van der Waals surface area contributed by atoms with Gasteiger partial charge in [0.1, 0.15) is 5.56 Å². The van der Waals surface area contributed by atoms with E-state index in [4.69, 9.17) is 28.9 Å². The summed E-state index contributed by atoms with van der Waals surface area (Å²) in [4.78, 5) is 15.9. The van der Waals surface area contributed by atoms with Gasteiger partial charge in [0, 0.05) is 32.9 Å². The lowest BCUT2D eigenvalue weighted by molar-refractivity contribution is 0.0700. The number of carboxylic acids is 1. The maximum Gasteiger partial charge on any atom is 0.343 e. The van der Waals surface area contributed by atoms with Gasteiger partial charge in [-0.15, -0.1) is 5.10 Å². The Balaban J connectivity index is 2.13. The summed E-state index contributed by atoms with van der Waals surface area (Å²) in [5.74, 6) is -1.30. The molecule has 0 aliphatic carbocycles. The molecular formula is C19H12Cl2N4O2. The number of nitrogens with zero attached hydrogens (tertiary/aromatic N) is 3. The SMILES string of the molecule is Nc1nn2c(-c3ccc(Cl)cc3)c(-c3ccccc3Cl)cnc2c1C(=O)O. The van der Waals surface area contributed by atoms with Gasteiger partial charge in [0.05, 0.1) is 5.69 Å². The van der Waals surface area contributed by atoms with Crippen molar-refractivity contribution < 1.29 is 9.90 Å². The van der Waals surface area contributed by atoms with Crippen molar-refractivity contribution in [2.24, 2.45) is 0 Å². The van der Waals surface area contributed by atoms with Crippen LogP contribution in [-0.4, -0.2) is 25.7 Å². The average molecular weight is 399 g/mol. The van der Waals surface area contributed by atoms with Crippen molar-refractivity contribution in [3.8, 4) is 22.4 Å². The number of hydrogen-bond acceptors (Lipinski definition) is 4. The molecule has 8 heteroatoms. The molecule has 0 radical (unpaired) electrons. The van der Waals surface area contributed by atoms with E-state index in [9.17, 15) is 9.90 Å². The van der Waals surface area contributed by atoms with Gasteiger partial charge in [-0.2, -0.15) is 0 Å². The van der Waals surface area contributed by atoms with Gasteiger partial charge in [-0.05, 0) is 18.2 Å². The van der Waals surface area contributed by atoms with Gasteiger partial charge in [0.2, 0.25) is 0 Å². The molecule has 0 atom stereocenters. The van der Waals surface area contributed by atoms with Crippen molar-refractivity contribution in [3.05, 3.63) is 70.3 Å². The number of aromatic carboxylic acids is 1. The third-order valence-electron chi connectivity index (χ3n) is 4.17. The third kappa shape index (κ3) is 2.89. The molecule has 0 bridgehead atoms. The molecular weight excluding hydrogens is 387 g/mol. The number of nitrogens with two attached hydrogens (primary N) is 1. The van der Waals surface area contributed by atoms with Crippen LogP contribution in [0.15, 0.2) is 54.7 Å². The van der Waals surface area contributed by atoms with Crippen LogP contribution in [0.4, 0.5) is 5.82 Å². The van der Waals surface area contributed by atoms with Crippen molar-refractivity contribution in [1.82, 2.24) is 14.6 Å². The van der Waals surface area contributed by atoms with Crippen LogP contribution in [0.3, 0.4) is 0 Å². The van der Waals surface area contributed by atoms with Crippen LogP contribution in [-0.2, 0) is 0 Å². The molecule has 4 aromatic rings. The molecule has 2 aromatic heterocycles. The summed E-state index contributed by atoms with van der Waals surface area (Å²) in [5, 5.41) is 14.8. The normalized spacial score (nSPS) is 11.0. The van der Waals surface area contributed by atoms with Crippen LogP contribution < -0.4 is 5.73 Å². The Morgan fingerprint density at radius 1 is 1.04 bits per heavy atom. The first-order valence-corrected chi connectivity index (χ1v) is 8.64. The Bertz CT molecular complexity index is 1190. The standard InChI is InChI=1S/C19H12Cl2N4O2/c20-11-7-5-10(6-8-11)16-13(12-3-1-2-4-14(12)21)9-23-18-15(19(26)27)17(22)24-25(16)18/h1-9H,(H2,22,24)(H,26,27). The van der Waals surface area contributed by atoms with Crippen molar-refractivity contribution in [1.29, 1.82) is 0 Å². The van der Waals surface area contributed by atoms with Crippen LogP contribution in [0.2, 0.25) is 10.0 Å². The monoisotopic (exact) mass is 398 g/mol. The Morgan fingerprint density at radius 3 is 2.41 bits per heavy atom. The highest BCUT2D eigenvalue weighted by Crippen LogP contribution is 2.37. The number of anilines is 1. The van der Waals surface area contributed by atoms with E-state index in [0.717, 1.165) is 11.1 Å². The molecule has 0 unspecified atom stereocenters. The lowest BCUT2D eigenvalue weighted by Crippen LogP contribution is -2.02. The maximum atomic E-state index is 11.6. The van der Waals surface area contributed by atoms with E-state index in [1.54, 1.807) is 24.4 Å². The van der Waals surface area contributed by atoms with E-state index in [0.29, 0.717) is 21.3 Å². The number of halogens is 2. The number of carbonyl (C=O) groups is 1. The van der Waals surface area contributed by atoms with Gasteiger partial charge < -0.3 is 10.8 Å². The number of carboxylic acid groups (broad SMARTS) is 1. The first kappa shape index (κ1) is 17.3. The third-order valence-corrected chi connectivity index (χ3v) is 4.75. The van der Waals surface area contributed by atoms with E-state index < -0.39 is 5.97 Å². The van der Waals surface area contributed by atoms with Crippen LogP contribution in [0.25, 0.3) is 28.0 Å². The summed E-state index contributed by atoms with van der Waals surface area (Å²) >= 11 is 12.4. The van der Waals surface area contributed by atoms with E-state index in [1.807, 2.05) is 30.3 Å². The van der Waals surface area contributed by atoms with Crippen molar-refractivity contribution in [2.75, 3.05) is 5.73 Å². The Hall–Kier alpha value is -3.09. The van der Waals surface area contributed by atoms with Crippen LogP contribution in [0.5, 0.6) is 0 Å². The van der Waals surface area contributed by atoms with Gasteiger partial charge in [-0.1, -0.05) is 53.5 Å². The lowest BCUT2D eigenvalue weighted by atomic mass is 10.0. The molecule has 0 saturated heterocycles. The highest BCUT2D eigenvalue weighted by molar-refractivity contribution is 6.33. The molecule has 134 valence electrons. The molecule has 0 amide bonds. The predicted molar refractivity (Wildman–Crippen MR) is 105 cm³/mol. The number of benzene rings is 2. The number of aromatic nitrogens is 3. The van der Waals surface area contributed by atoms with Crippen LogP contribution >= 0.6 is 23.2 Å². The van der Waals surface area contributed by atoms with E-state index in [2.05, 4.69) is 10.1 Å². The maximum absolute atomic E-state index is 11.6. The second kappa shape index (κ2) is 6.57. The second-order valence-electron chi connectivity index (χ2n) is 5.81. The summed E-state index contributed by atoms with van der Waals surface area (Å²) in [7, 11) is 0. The number of hydrogen-bond donors (Lipinski definition) is 2. The minimum absolute atomic E-state index is 0.110. The van der Waals surface area contributed by atoms with Crippen LogP contribution in [0, 0.1) is 0 Å². The fraction of sp³-hybridized carbons (Fsp3) is 0. The fourth-order valence-corrected chi connectivity index (χ4v) is 3.33. The summed E-state index contributed by atoms with van der Waals surface area (Å²) in [5.41, 5.74) is 8.66. The van der Waals surface area contributed by atoms with Gasteiger partial charge in [0.15, 0.2) is 11.5 Å². The molecule has 6 nitrogen and oxygen atoms in total. The van der Waals surface area contributed by atoms with Gasteiger partial charge >= 0.3 is 5.97 Å². The average Bonchev–Trinajstić information content (AvgIpc) is 2.98. The van der Waals surface area contributed by atoms with E-state index in [1.165, 1.54) is 4.52 Å². The lowest BCUT2D eigenvalue weighted by Gasteiger charge is -2.13. The van der Waals surface area contributed by atoms with Crippen molar-refractivity contribution in [2.45, 2.75) is 0 Å². The van der Waals surface area contributed by atoms with Gasteiger partial charge in [0.25, 0.3) is 0 Å². The summed E-state index contributed by atoms with van der Waals surface area (Å²) in [6.07, 6.45) is 1.58. The number of fused-ring (bicyclic) bond motifs is 1. The summed E-state index contributed by atoms with van der Waals surface area (Å²) < 4.78 is 1.43. The first-order chi connectivity index (χ1) is 13.0. The van der Waals surface area contributed by atoms with Crippen molar-refractivity contribution in [3.63, 3.8) is 0 Å². The zero-order valence-corrected chi connectivity index (χ0v) is 15.2. The number of rotatable bonds is 3. The smallest absolute Gasteiger partial charge is 0.343 e. The Kier molecular flexibility index (Phi) is 4.22. The van der Waals surface area contributed by atoms with Crippen LogP contribution in [0.1, 0.15) is 10.4 Å². The summed E-state index contributed by atoms with van der Waals surface area (Å²) in [6.45, 7) is 0. The molecule has 2 heterocycles. The van der Waals surface area contributed by atoms with E-state index in [-0.39, 0.29) is 17.0 Å². The molecule has 4 rings (SSSR count). The quantitative estimate of drug-likeness (QED) is 0.523. The minimum Gasteiger partial charge on any atom is -0.477 e. The minimum atomic E-state index is -1.19. The molecule has 0 aliphatic heterocycles. The topological polar surface area (TPSA) is 93.5 Å². The van der Waals surface area contributed by atoms with E-state index >= 15 is 0 Å². The molecule has 2 aromatic carbocycles. The second-order valence-corrected chi connectivity index (χ2v) is 6.65. The fourth-order valence-electron chi connectivity index (χ4n) is 2.97. The first-order valence-electron chi connectivity index (χ1n) is 7.88. The van der Waals surface area contributed by atoms with Gasteiger partial charge in [-0.25, -0.2) is 14.3 Å². The summed E-state index contributed by atoms with van der Waals surface area (Å²) in [6, 6.07) is 14.4. The zero-order chi connectivity index (χ0) is 19.1. The molecule has 3 N–H and O–H groups in total. The van der Waals surface area contributed by atoms with Crippen molar-refractivity contribution >= 4 is 40.6 Å². The predicted octanol–water partition coefficient (Wildman–Crippen LogP) is 4.65.